The summed E-state index contributed by atoms with van der Waals surface area (Å²) in [6.07, 6.45) is 0. The molecular weight excluding hydrogens is 334 g/mol. The van der Waals surface area contributed by atoms with Crippen molar-refractivity contribution in [2.45, 2.75) is 6.92 Å². The number of hydrogen-bond acceptors (Lipinski definition) is 5. The van der Waals surface area contributed by atoms with Gasteiger partial charge in [0.15, 0.2) is 10.8 Å². The topological polar surface area (TPSA) is 45.2 Å². The highest BCUT2D eigenvalue weighted by Crippen LogP contribution is 2.31. The molecule has 0 atom stereocenters. The molecule has 128 valence electrons. The molecule has 0 aliphatic carbocycles. The van der Waals surface area contributed by atoms with Crippen LogP contribution in [-0.4, -0.2) is 52.8 Å². The molecule has 3 heterocycles. The molecule has 2 aromatic heterocycles. The van der Waals surface area contributed by atoms with Gasteiger partial charge in [-0.1, -0.05) is 48.9 Å². The van der Waals surface area contributed by atoms with Crippen LogP contribution in [0.25, 0.3) is 22.2 Å². The molecule has 1 saturated heterocycles. The average Bonchev–Trinajstić information content (AvgIpc) is 2.68. The molecule has 6 heteroatoms. The van der Waals surface area contributed by atoms with E-state index in [2.05, 4.69) is 45.1 Å². The number of piperazine rings is 1. The van der Waals surface area contributed by atoms with Gasteiger partial charge >= 0.3 is 0 Å². The van der Waals surface area contributed by atoms with E-state index in [1.165, 1.54) is 0 Å². The van der Waals surface area contributed by atoms with Gasteiger partial charge in [-0.05, 0) is 29.8 Å². The number of fused-ring (bicyclic) bond motifs is 1. The maximum Gasteiger partial charge on any atom is 0.184 e. The molecule has 1 aliphatic rings. The van der Waals surface area contributed by atoms with Crippen LogP contribution in [0, 0.1) is 0 Å². The number of aromatic nitrogens is 3. The standard InChI is InChI=1S/C19H20ClN5/c1-2-24-8-10-25(11-9-24)18-13-15(14-6-4-3-5-7-14)16-12-17(20)22-23-19(16)21-18/h3-7,12-13H,2,8-11H2,1H3. The van der Waals surface area contributed by atoms with Crippen molar-refractivity contribution in [3.63, 3.8) is 0 Å². The molecule has 5 nitrogen and oxygen atoms in total. The van der Waals surface area contributed by atoms with E-state index in [-0.39, 0.29) is 0 Å². The van der Waals surface area contributed by atoms with E-state index in [9.17, 15) is 0 Å². The van der Waals surface area contributed by atoms with Crippen LogP contribution < -0.4 is 4.90 Å². The third kappa shape index (κ3) is 3.30. The summed E-state index contributed by atoms with van der Waals surface area (Å²) in [4.78, 5) is 9.53. The van der Waals surface area contributed by atoms with Crippen LogP contribution in [0.3, 0.4) is 0 Å². The Kier molecular flexibility index (Phi) is 4.51. The first kappa shape index (κ1) is 16.2. The third-order valence-corrected chi connectivity index (χ3v) is 4.94. The first-order valence-electron chi connectivity index (χ1n) is 8.61. The number of likely N-dealkylation sites (N-methyl/N-ethyl adjacent to an activating group) is 1. The van der Waals surface area contributed by atoms with Gasteiger partial charge in [0.05, 0.1) is 0 Å². The van der Waals surface area contributed by atoms with Gasteiger partial charge in [0.25, 0.3) is 0 Å². The van der Waals surface area contributed by atoms with Gasteiger partial charge in [0.1, 0.15) is 5.82 Å². The number of anilines is 1. The predicted molar refractivity (Wildman–Crippen MR) is 102 cm³/mol. The van der Waals surface area contributed by atoms with Crippen molar-refractivity contribution in [3.8, 4) is 11.1 Å². The molecule has 0 unspecified atom stereocenters. The highest BCUT2D eigenvalue weighted by molar-refractivity contribution is 6.30. The van der Waals surface area contributed by atoms with Crippen molar-refractivity contribution in [1.29, 1.82) is 0 Å². The van der Waals surface area contributed by atoms with Crippen molar-refractivity contribution in [2.24, 2.45) is 0 Å². The van der Waals surface area contributed by atoms with Gasteiger partial charge in [0.2, 0.25) is 0 Å². The van der Waals surface area contributed by atoms with Crippen LogP contribution in [0.4, 0.5) is 5.82 Å². The predicted octanol–water partition coefficient (Wildman–Crippen LogP) is 3.49. The fourth-order valence-corrected chi connectivity index (χ4v) is 3.45. The number of nitrogens with zero attached hydrogens (tertiary/aromatic N) is 5. The normalized spacial score (nSPS) is 15.7. The Morgan fingerprint density at radius 3 is 2.48 bits per heavy atom. The van der Waals surface area contributed by atoms with E-state index in [0.29, 0.717) is 10.8 Å². The van der Waals surface area contributed by atoms with Gasteiger partial charge in [-0.2, -0.15) is 0 Å². The zero-order valence-electron chi connectivity index (χ0n) is 14.2. The molecule has 0 N–H and O–H groups in total. The Labute approximate surface area is 152 Å². The number of hydrogen-bond donors (Lipinski definition) is 0. The van der Waals surface area contributed by atoms with Crippen LogP contribution >= 0.6 is 11.6 Å². The minimum atomic E-state index is 0.385. The molecule has 4 rings (SSSR count). The first-order chi connectivity index (χ1) is 12.2. The fraction of sp³-hybridized carbons (Fsp3) is 0.316. The molecule has 0 radical (unpaired) electrons. The van der Waals surface area contributed by atoms with Gasteiger partial charge < -0.3 is 9.80 Å². The molecule has 0 spiro atoms. The molecule has 0 amide bonds. The van der Waals surface area contributed by atoms with E-state index < -0.39 is 0 Å². The lowest BCUT2D eigenvalue weighted by atomic mass is 10.0. The minimum absolute atomic E-state index is 0.385. The van der Waals surface area contributed by atoms with Gasteiger partial charge in [-0.15, -0.1) is 10.2 Å². The van der Waals surface area contributed by atoms with Crippen LogP contribution in [0.1, 0.15) is 6.92 Å². The molecule has 1 aliphatic heterocycles. The summed E-state index contributed by atoms with van der Waals surface area (Å²) in [5.74, 6) is 0.957. The van der Waals surface area contributed by atoms with E-state index in [1.807, 2.05) is 24.3 Å². The van der Waals surface area contributed by atoms with Gasteiger partial charge in [-0.3, -0.25) is 0 Å². The quantitative estimate of drug-likeness (QED) is 0.721. The molecule has 3 aromatic rings. The van der Waals surface area contributed by atoms with Gasteiger partial charge in [-0.25, -0.2) is 4.98 Å². The SMILES string of the molecule is CCN1CCN(c2cc(-c3ccccc3)c3cc(Cl)nnc3n2)CC1. The van der Waals surface area contributed by atoms with Crippen molar-refractivity contribution in [2.75, 3.05) is 37.6 Å². The lowest BCUT2D eigenvalue weighted by molar-refractivity contribution is 0.270. The summed E-state index contributed by atoms with van der Waals surface area (Å²) in [5, 5.41) is 9.52. The maximum atomic E-state index is 6.08. The summed E-state index contributed by atoms with van der Waals surface area (Å²) in [7, 11) is 0. The minimum Gasteiger partial charge on any atom is -0.354 e. The summed E-state index contributed by atoms with van der Waals surface area (Å²) >= 11 is 6.08. The van der Waals surface area contributed by atoms with Crippen LogP contribution in [0.5, 0.6) is 0 Å². The van der Waals surface area contributed by atoms with Crippen molar-refractivity contribution < 1.29 is 0 Å². The summed E-state index contributed by atoms with van der Waals surface area (Å²) in [6.45, 7) is 7.37. The maximum absolute atomic E-state index is 6.08. The van der Waals surface area contributed by atoms with E-state index in [0.717, 1.165) is 55.1 Å². The highest BCUT2D eigenvalue weighted by atomic mass is 35.5. The Bertz CT molecular complexity index is 876. The Morgan fingerprint density at radius 2 is 1.76 bits per heavy atom. The zero-order chi connectivity index (χ0) is 17.2. The van der Waals surface area contributed by atoms with Crippen LogP contribution in [0.15, 0.2) is 42.5 Å². The second-order valence-electron chi connectivity index (χ2n) is 6.22. The Balaban J connectivity index is 1.80. The lowest BCUT2D eigenvalue weighted by Crippen LogP contribution is -2.46. The highest BCUT2D eigenvalue weighted by Gasteiger charge is 2.19. The van der Waals surface area contributed by atoms with Crippen molar-refractivity contribution in [1.82, 2.24) is 20.1 Å². The summed E-state index contributed by atoms with van der Waals surface area (Å²) in [6, 6.07) is 14.3. The van der Waals surface area contributed by atoms with E-state index in [4.69, 9.17) is 16.6 Å². The smallest absolute Gasteiger partial charge is 0.184 e. The first-order valence-corrected chi connectivity index (χ1v) is 8.99. The zero-order valence-corrected chi connectivity index (χ0v) is 14.9. The molecule has 0 bridgehead atoms. The molecular formula is C19H20ClN5. The number of halogens is 1. The van der Waals surface area contributed by atoms with E-state index >= 15 is 0 Å². The van der Waals surface area contributed by atoms with Crippen LogP contribution in [0.2, 0.25) is 5.15 Å². The molecule has 25 heavy (non-hydrogen) atoms. The van der Waals surface area contributed by atoms with Crippen molar-refractivity contribution in [3.05, 3.63) is 47.6 Å². The van der Waals surface area contributed by atoms with Crippen molar-refractivity contribution >= 4 is 28.5 Å². The third-order valence-electron chi connectivity index (χ3n) is 4.76. The number of benzene rings is 1. The average molecular weight is 354 g/mol. The molecule has 0 saturated carbocycles. The largest absolute Gasteiger partial charge is 0.354 e. The molecule has 1 aromatic carbocycles. The second-order valence-corrected chi connectivity index (χ2v) is 6.61. The Hall–Kier alpha value is -2.24. The van der Waals surface area contributed by atoms with E-state index in [1.54, 1.807) is 0 Å². The number of rotatable bonds is 3. The fourth-order valence-electron chi connectivity index (χ4n) is 3.30. The Morgan fingerprint density at radius 1 is 1.00 bits per heavy atom. The lowest BCUT2D eigenvalue weighted by Gasteiger charge is -2.35. The second kappa shape index (κ2) is 6.94. The van der Waals surface area contributed by atoms with Gasteiger partial charge in [0, 0.05) is 31.6 Å². The molecule has 1 fully saturated rings. The summed E-state index contributed by atoms with van der Waals surface area (Å²) < 4.78 is 0. The van der Waals surface area contributed by atoms with Crippen LogP contribution in [-0.2, 0) is 0 Å². The summed E-state index contributed by atoms with van der Waals surface area (Å²) in [5.41, 5.74) is 2.86. The monoisotopic (exact) mass is 353 g/mol. The number of pyridine rings is 1.